The van der Waals surface area contributed by atoms with Crippen LogP contribution >= 0.6 is 11.6 Å². The Bertz CT molecular complexity index is 467. The van der Waals surface area contributed by atoms with Gasteiger partial charge in [-0.25, -0.2) is 0 Å². The normalized spacial score (nSPS) is 23.5. The van der Waals surface area contributed by atoms with E-state index < -0.39 is 0 Å². The maximum absolute atomic E-state index is 6.29. The van der Waals surface area contributed by atoms with Crippen LogP contribution in [0.4, 0.5) is 0 Å². The Morgan fingerprint density at radius 2 is 2.00 bits per heavy atom. The number of rotatable bonds is 5. The number of nitrogens with one attached hydrogen (secondary N) is 1. The highest BCUT2D eigenvalue weighted by Crippen LogP contribution is 2.41. The molecule has 0 amide bonds. The van der Waals surface area contributed by atoms with Gasteiger partial charge in [0.1, 0.15) is 0 Å². The lowest BCUT2D eigenvalue weighted by molar-refractivity contribution is 0.0766. The van der Waals surface area contributed by atoms with Crippen molar-refractivity contribution in [2.24, 2.45) is 5.84 Å². The van der Waals surface area contributed by atoms with E-state index >= 15 is 0 Å². The third kappa shape index (κ3) is 2.95. The lowest BCUT2D eigenvalue weighted by Gasteiger charge is -2.45. The molecule has 2 fully saturated rings. The van der Waals surface area contributed by atoms with Gasteiger partial charge in [0.15, 0.2) is 0 Å². The number of halogens is 1. The zero-order chi connectivity index (χ0) is 14.7. The minimum absolute atomic E-state index is 0.206. The summed E-state index contributed by atoms with van der Waals surface area (Å²) in [6.45, 7) is 2.42. The fourth-order valence-electron chi connectivity index (χ4n) is 4.23. The molecule has 2 heterocycles. The average molecular weight is 309 g/mol. The Balaban J connectivity index is 1.84. The number of hydrogen-bond donors (Lipinski definition) is 2. The van der Waals surface area contributed by atoms with E-state index in [1.165, 1.54) is 51.6 Å². The standard InChI is InChI=1S/C16H25ClN4/c17-14-12-19-8-5-13(14)11-15(20-18)16(6-1-2-7-16)21-9-3-4-10-21/h5,8,12,15,20H,1-4,6-7,9-11,18H2. The zero-order valence-corrected chi connectivity index (χ0v) is 13.3. The third-order valence-electron chi connectivity index (χ3n) is 5.34. The molecule has 1 aliphatic carbocycles. The van der Waals surface area contributed by atoms with Gasteiger partial charge in [-0.2, -0.15) is 0 Å². The molecule has 1 unspecified atom stereocenters. The monoisotopic (exact) mass is 308 g/mol. The summed E-state index contributed by atoms with van der Waals surface area (Å²) >= 11 is 6.29. The van der Waals surface area contributed by atoms with E-state index in [2.05, 4.69) is 15.3 Å². The highest BCUT2D eigenvalue weighted by molar-refractivity contribution is 6.31. The Labute approximate surface area is 132 Å². The Kier molecular flexibility index (Phi) is 4.79. The molecule has 4 nitrogen and oxygen atoms in total. The SMILES string of the molecule is NNC(Cc1ccncc1Cl)C1(N2CCCC2)CCCC1. The van der Waals surface area contributed by atoms with Crippen molar-refractivity contribution in [3.8, 4) is 0 Å². The van der Waals surface area contributed by atoms with Crippen molar-refractivity contribution in [3.63, 3.8) is 0 Å². The molecule has 1 atom stereocenters. The van der Waals surface area contributed by atoms with Crippen LogP contribution in [0.15, 0.2) is 18.5 Å². The maximum atomic E-state index is 6.29. The number of hydrogen-bond acceptors (Lipinski definition) is 4. The molecule has 0 aromatic carbocycles. The van der Waals surface area contributed by atoms with E-state index in [-0.39, 0.29) is 11.6 Å². The summed E-state index contributed by atoms with van der Waals surface area (Å²) in [5, 5.41) is 0.743. The van der Waals surface area contributed by atoms with E-state index in [0.29, 0.717) is 0 Å². The molecule has 0 bridgehead atoms. The number of nitrogens with two attached hydrogens (primary N) is 1. The van der Waals surface area contributed by atoms with Crippen molar-refractivity contribution in [1.29, 1.82) is 0 Å². The van der Waals surface area contributed by atoms with Crippen molar-refractivity contribution in [3.05, 3.63) is 29.0 Å². The Morgan fingerprint density at radius 1 is 1.29 bits per heavy atom. The summed E-state index contributed by atoms with van der Waals surface area (Å²) in [5.74, 6) is 5.97. The van der Waals surface area contributed by atoms with Crippen molar-refractivity contribution in [1.82, 2.24) is 15.3 Å². The van der Waals surface area contributed by atoms with E-state index in [9.17, 15) is 0 Å². The number of pyridine rings is 1. The Hall–Kier alpha value is -0.680. The van der Waals surface area contributed by atoms with Crippen LogP contribution in [0.3, 0.4) is 0 Å². The summed E-state index contributed by atoms with van der Waals surface area (Å²) in [5.41, 5.74) is 4.46. The maximum Gasteiger partial charge on any atom is 0.0621 e. The molecule has 0 spiro atoms. The minimum Gasteiger partial charge on any atom is -0.296 e. The molecule has 1 aromatic rings. The number of likely N-dealkylation sites (tertiary alicyclic amines) is 1. The number of aromatic nitrogens is 1. The molecule has 1 aliphatic heterocycles. The van der Waals surface area contributed by atoms with Crippen LogP contribution in [0.25, 0.3) is 0 Å². The van der Waals surface area contributed by atoms with E-state index in [0.717, 1.165) is 17.0 Å². The molecule has 3 rings (SSSR count). The van der Waals surface area contributed by atoms with Crippen molar-refractivity contribution < 1.29 is 0 Å². The van der Waals surface area contributed by atoms with Crippen molar-refractivity contribution in [2.45, 2.75) is 56.5 Å². The summed E-state index contributed by atoms with van der Waals surface area (Å²) in [6.07, 6.45) is 12.1. The highest BCUT2D eigenvalue weighted by atomic mass is 35.5. The van der Waals surface area contributed by atoms with Gasteiger partial charge in [0.2, 0.25) is 0 Å². The fraction of sp³-hybridized carbons (Fsp3) is 0.688. The molecule has 1 aromatic heterocycles. The minimum atomic E-state index is 0.206. The summed E-state index contributed by atoms with van der Waals surface area (Å²) in [4.78, 5) is 6.76. The fourth-order valence-corrected chi connectivity index (χ4v) is 4.42. The van der Waals surface area contributed by atoms with E-state index in [1.54, 1.807) is 6.20 Å². The molecule has 3 N–H and O–H groups in total. The first-order valence-electron chi connectivity index (χ1n) is 8.06. The zero-order valence-electron chi connectivity index (χ0n) is 12.5. The summed E-state index contributed by atoms with van der Waals surface area (Å²) in [7, 11) is 0. The topological polar surface area (TPSA) is 54.2 Å². The van der Waals surface area contributed by atoms with Gasteiger partial charge >= 0.3 is 0 Å². The van der Waals surface area contributed by atoms with Crippen LogP contribution in [-0.4, -0.2) is 34.6 Å². The molecule has 1 saturated heterocycles. The van der Waals surface area contributed by atoms with Gasteiger partial charge in [0, 0.05) is 24.0 Å². The molecule has 1 saturated carbocycles. The van der Waals surface area contributed by atoms with Crippen LogP contribution in [0.5, 0.6) is 0 Å². The predicted molar refractivity (Wildman–Crippen MR) is 86.1 cm³/mol. The molecule has 21 heavy (non-hydrogen) atoms. The first-order valence-corrected chi connectivity index (χ1v) is 8.44. The van der Waals surface area contributed by atoms with E-state index in [1.807, 2.05) is 12.3 Å². The second-order valence-corrected chi connectivity index (χ2v) is 6.80. The molecule has 2 aliphatic rings. The van der Waals surface area contributed by atoms with Crippen LogP contribution < -0.4 is 11.3 Å². The first kappa shape index (κ1) is 15.2. The average Bonchev–Trinajstić information content (AvgIpc) is 3.18. The van der Waals surface area contributed by atoms with Gasteiger partial charge in [0.25, 0.3) is 0 Å². The first-order chi connectivity index (χ1) is 10.3. The largest absolute Gasteiger partial charge is 0.296 e. The number of hydrazine groups is 1. The molecule has 0 radical (unpaired) electrons. The molecular weight excluding hydrogens is 284 g/mol. The van der Waals surface area contributed by atoms with Crippen molar-refractivity contribution >= 4 is 11.6 Å². The smallest absolute Gasteiger partial charge is 0.0621 e. The molecule has 116 valence electrons. The molecular formula is C16H25ClN4. The van der Waals surface area contributed by atoms with Gasteiger partial charge in [-0.3, -0.25) is 21.2 Å². The summed E-state index contributed by atoms with van der Waals surface area (Å²) < 4.78 is 0. The number of nitrogens with zero attached hydrogens (tertiary/aromatic N) is 2. The lowest BCUT2D eigenvalue weighted by Crippen LogP contribution is -2.61. The predicted octanol–water partition coefficient (Wildman–Crippen LogP) is 2.52. The lowest BCUT2D eigenvalue weighted by atomic mass is 9.83. The van der Waals surface area contributed by atoms with Crippen LogP contribution in [-0.2, 0) is 6.42 Å². The highest BCUT2D eigenvalue weighted by Gasteiger charge is 2.46. The van der Waals surface area contributed by atoms with Gasteiger partial charge in [0.05, 0.1) is 5.02 Å². The van der Waals surface area contributed by atoms with Gasteiger partial charge < -0.3 is 0 Å². The summed E-state index contributed by atoms with van der Waals surface area (Å²) in [6, 6.07) is 2.26. The molecule has 5 heteroatoms. The van der Waals surface area contributed by atoms with Gasteiger partial charge in [-0.05, 0) is 56.8 Å². The quantitative estimate of drug-likeness (QED) is 0.648. The van der Waals surface area contributed by atoms with Crippen LogP contribution in [0.1, 0.15) is 44.1 Å². The van der Waals surface area contributed by atoms with Gasteiger partial charge in [-0.1, -0.05) is 24.4 Å². The van der Waals surface area contributed by atoms with E-state index in [4.69, 9.17) is 17.4 Å². The Morgan fingerprint density at radius 3 is 2.62 bits per heavy atom. The second kappa shape index (κ2) is 6.61. The van der Waals surface area contributed by atoms with Crippen LogP contribution in [0, 0.1) is 0 Å². The van der Waals surface area contributed by atoms with Crippen molar-refractivity contribution in [2.75, 3.05) is 13.1 Å². The van der Waals surface area contributed by atoms with Crippen LogP contribution in [0.2, 0.25) is 5.02 Å². The second-order valence-electron chi connectivity index (χ2n) is 6.40. The third-order valence-corrected chi connectivity index (χ3v) is 5.68. The van der Waals surface area contributed by atoms with Gasteiger partial charge in [-0.15, -0.1) is 0 Å².